The van der Waals surface area contributed by atoms with Gasteiger partial charge in [0.2, 0.25) is 0 Å². The van der Waals surface area contributed by atoms with E-state index in [9.17, 15) is 0 Å². The van der Waals surface area contributed by atoms with Gasteiger partial charge in [0, 0.05) is 0 Å². The molecule has 0 aliphatic carbocycles. The SMILES string of the molecule is C=C(CC(P)C(C)=C(C)C)C(C)(C)C. The minimum Gasteiger partial charge on any atom is -0.130 e. The van der Waals surface area contributed by atoms with Crippen LogP contribution in [0.2, 0.25) is 0 Å². The predicted molar refractivity (Wildman–Crippen MR) is 70.8 cm³/mol. The first-order chi connectivity index (χ1) is 6.16. The Morgan fingerprint density at radius 3 is 1.93 bits per heavy atom. The van der Waals surface area contributed by atoms with Crippen molar-refractivity contribution in [1.82, 2.24) is 0 Å². The van der Waals surface area contributed by atoms with Crippen LogP contribution in [0.25, 0.3) is 0 Å². The van der Waals surface area contributed by atoms with Gasteiger partial charge in [0.15, 0.2) is 0 Å². The molecule has 14 heavy (non-hydrogen) atoms. The molecule has 0 spiro atoms. The number of allylic oxidation sites excluding steroid dienone is 3. The summed E-state index contributed by atoms with van der Waals surface area (Å²) >= 11 is 0. The molecule has 0 amide bonds. The van der Waals surface area contributed by atoms with Crippen LogP contribution in [-0.4, -0.2) is 5.66 Å². The third-order valence-corrected chi connectivity index (χ3v) is 3.61. The average Bonchev–Trinajstić information content (AvgIpc) is 2.00. The van der Waals surface area contributed by atoms with E-state index in [0.29, 0.717) is 5.66 Å². The van der Waals surface area contributed by atoms with E-state index in [2.05, 4.69) is 57.4 Å². The number of rotatable bonds is 3. The second kappa shape index (κ2) is 5.12. The van der Waals surface area contributed by atoms with E-state index in [1.165, 1.54) is 16.7 Å². The quantitative estimate of drug-likeness (QED) is 0.474. The Morgan fingerprint density at radius 1 is 1.21 bits per heavy atom. The van der Waals surface area contributed by atoms with Gasteiger partial charge in [-0.1, -0.05) is 44.1 Å². The molecule has 82 valence electrons. The molecule has 0 aromatic carbocycles. The molecule has 0 bridgehead atoms. The molecule has 0 saturated carbocycles. The van der Waals surface area contributed by atoms with Crippen LogP contribution >= 0.6 is 9.24 Å². The Kier molecular flexibility index (Phi) is 5.09. The molecule has 1 heteroatoms. The summed E-state index contributed by atoms with van der Waals surface area (Å²) in [6, 6.07) is 0. The summed E-state index contributed by atoms with van der Waals surface area (Å²) in [5.41, 5.74) is 5.01. The molecule has 0 nitrogen and oxygen atoms in total. The number of hydrogen-bond donors (Lipinski definition) is 0. The molecule has 0 fully saturated rings. The second-order valence-electron chi connectivity index (χ2n) is 5.35. The lowest BCUT2D eigenvalue weighted by atomic mass is 9.84. The first-order valence-electron chi connectivity index (χ1n) is 5.24. The number of hydrogen-bond acceptors (Lipinski definition) is 0. The summed E-state index contributed by atoms with van der Waals surface area (Å²) in [6.45, 7) is 17.4. The molecule has 0 aromatic rings. The van der Waals surface area contributed by atoms with Crippen molar-refractivity contribution in [2.45, 2.75) is 53.6 Å². The minimum atomic E-state index is 0.233. The fourth-order valence-electron chi connectivity index (χ4n) is 1.10. The molecule has 0 aromatic heterocycles. The van der Waals surface area contributed by atoms with Crippen molar-refractivity contribution < 1.29 is 0 Å². The van der Waals surface area contributed by atoms with Gasteiger partial charge in [-0.05, 0) is 38.3 Å². The molecule has 0 aliphatic rings. The fraction of sp³-hybridized carbons (Fsp3) is 0.692. The van der Waals surface area contributed by atoms with E-state index in [1.807, 2.05) is 0 Å². The predicted octanol–water partition coefficient (Wildman–Crippen LogP) is 4.58. The largest absolute Gasteiger partial charge is 0.130 e. The topological polar surface area (TPSA) is 0 Å². The van der Waals surface area contributed by atoms with Gasteiger partial charge in [0.1, 0.15) is 0 Å². The van der Waals surface area contributed by atoms with Crippen LogP contribution in [0.5, 0.6) is 0 Å². The summed E-state index contributed by atoms with van der Waals surface area (Å²) in [7, 11) is 2.93. The molecule has 0 radical (unpaired) electrons. The van der Waals surface area contributed by atoms with Crippen molar-refractivity contribution in [1.29, 1.82) is 0 Å². The van der Waals surface area contributed by atoms with Crippen molar-refractivity contribution in [3.05, 3.63) is 23.3 Å². The van der Waals surface area contributed by atoms with Crippen molar-refractivity contribution in [3.8, 4) is 0 Å². The summed E-state index contributed by atoms with van der Waals surface area (Å²) < 4.78 is 0. The minimum absolute atomic E-state index is 0.233. The van der Waals surface area contributed by atoms with Gasteiger partial charge in [-0.3, -0.25) is 0 Å². The van der Waals surface area contributed by atoms with Gasteiger partial charge in [-0.15, -0.1) is 9.24 Å². The first kappa shape index (κ1) is 13.9. The van der Waals surface area contributed by atoms with E-state index in [1.54, 1.807) is 0 Å². The second-order valence-corrected chi connectivity index (χ2v) is 6.15. The van der Waals surface area contributed by atoms with E-state index >= 15 is 0 Å². The molecule has 0 heterocycles. The lowest BCUT2D eigenvalue weighted by Gasteiger charge is -2.25. The smallest absolute Gasteiger partial charge is 0.00188 e. The Morgan fingerprint density at radius 2 is 1.64 bits per heavy atom. The highest BCUT2D eigenvalue weighted by Crippen LogP contribution is 2.31. The molecule has 0 aliphatic heterocycles. The van der Waals surface area contributed by atoms with E-state index in [0.717, 1.165) is 6.42 Å². The van der Waals surface area contributed by atoms with Crippen LogP contribution in [0.4, 0.5) is 0 Å². The van der Waals surface area contributed by atoms with Gasteiger partial charge < -0.3 is 0 Å². The highest BCUT2D eigenvalue weighted by molar-refractivity contribution is 7.18. The standard InChI is InChI=1S/C13H25P/c1-9(2)11(4)12(14)8-10(3)13(5,6)7/h12H,3,8,14H2,1-2,4-7H3. The average molecular weight is 212 g/mol. The molecular weight excluding hydrogens is 187 g/mol. The highest BCUT2D eigenvalue weighted by atomic mass is 31.0. The van der Waals surface area contributed by atoms with E-state index < -0.39 is 0 Å². The molecule has 2 atom stereocenters. The van der Waals surface area contributed by atoms with Gasteiger partial charge >= 0.3 is 0 Å². The van der Waals surface area contributed by atoms with Gasteiger partial charge in [0.05, 0.1) is 0 Å². The van der Waals surface area contributed by atoms with Gasteiger partial charge in [0.25, 0.3) is 0 Å². The Hall–Kier alpha value is -0.0900. The van der Waals surface area contributed by atoms with Crippen molar-refractivity contribution in [2.24, 2.45) is 5.41 Å². The third-order valence-electron chi connectivity index (χ3n) is 2.87. The zero-order valence-corrected chi connectivity index (χ0v) is 11.7. The maximum absolute atomic E-state index is 4.17. The Balaban J connectivity index is 4.43. The van der Waals surface area contributed by atoms with Crippen LogP contribution in [0.3, 0.4) is 0 Å². The van der Waals surface area contributed by atoms with Crippen LogP contribution < -0.4 is 0 Å². The van der Waals surface area contributed by atoms with E-state index in [-0.39, 0.29) is 5.41 Å². The maximum Gasteiger partial charge on any atom is -0.00188 e. The monoisotopic (exact) mass is 212 g/mol. The highest BCUT2D eigenvalue weighted by Gasteiger charge is 2.18. The summed E-state index contributed by atoms with van der Waals surface area (Å²) in [4.78, 5) is 0. The van der Waals surface area contributed by atoms with Gasteiger partial charge in [-0.2, -0.15) is 0 Å². The molecular formula is C13H25P. The summed E-state index contributed by atoms with van der Waals surface area (Å²) in [6.07, 6.45) is 1.07. The lowest BCUT2D eigenvalue weighted by Crippen LogP contribution is -2.13. The van der Waals surface area contributed by atoms with Crippen molar-refractivity contribution in [3.63, 3.8) is 0 Å². The normalized spacial score (nSPS) is 13.6. The van der Waals surface area contributed by atoms with Crippen molar-refractivity contribution in [2.75, 3.05) is 0 Å². The fourth-order valence-corrected chi connectivity index (χ4v) is 1.71. The first-order valence-corrected chi connectivity index (χ1v) is 5.90. The lowest BCUT2D eigenvalue weighted by molar-refractivity contribution is 0.485. The Labute approximate surface area is 92.1 Å². The zero-order chi connectivity index (χ0) is 11.5. The molecule has 0 saturated heterocycles. The van der Waals surface area contributed by atoms with Crippen molar-refractivity contribution >= 4 is 9.24 Å². The Bertz CT molecular complexity index is 236. The molecule has 2 unspecified atom stereocenters. The van der Waals surface area contributed by atoms with Crippen LogP contribution in [0.1, 0.15) is 48.0 Å². The maximum atomic E-state index is 4.17. The summed E-state index contributed by atoms with van der Waals surface area (Å²) in [5, 5.41) is 0. The van der Waals surface area contributed by atoms with Crippen LogP contribution in [-0.2, 0) is 0 Å². The van der Waals surface area contributed by atoms with Crippen LogP contribution in [0.15, 0.2) is 23.3 Å². The van der Waals surface area contributed by atoms with Gasteiger partial charge in [-0.25, -0.2) is 0 Å². The van der Waals surface area contributed by atoms with Crippen LogP contribution in [0, 0.1) is 5.41 Å². The van der Waals surface area contributed by atoms with E-state index in [4.69, 9.17) is 0 Å². The molecule has 0 rings (SSSR count). The summed E-state index contributed by atoms with van der Waals surface area (Å²) in [5.74, 6) is 0. The third kappa shape index (κ3) is 4.42. The zero-order valence-electron chi connectivity index (χ0n) is 10.6. The molecule has 0 N–H and O–H groups in total.